The average molecular weight is 891 g/mol. The third-order valence-electron chi connectivity index (χ3n) is 12.9. The van der Waals surface area contributed by atoms with E-state index in [0.29, 0.717) is 90.5 Å². The van der Waals surface area contributed by atoms with Gasteiger partial charge in [0.25, 0.3) is 11.8 Å². The van der Waals surface area contributed by atoms with E-state index in [9.17, 15) is 19.2 Å². The molecule has 0 aliphatic carbocycles. The number of imide groups is 1. The Balaban J connectivity index is 1.39. The molecule has 16 nitrogen and oxygen atoms in total. The van der Waals surface area contributed by atoms with Crippen LogP contribution in [0.3, 0.4) is 0 Å². The van der Waals surface area contributed by atoms with Crippen LogP contribution in [-0.2, 0) is 23.8 Å². The molecular weight excluding hydrogens is 829 g/mol. The Morgan fingerprint density at radius 3 is 2.34 bits per heavy atom. The van der Waals surface area contributed by atoms with Gasteiger partial charge in [0.1, 0.15) is 5.60 Å². The van der Waals surface area contributed by atoms with E-state index in [0.717, 1.165) is 39.4 Å². The van der Waals surface area contributed by atoms with Gasteiger partial charge in [-0.3, -0.25) is 24.2 Å². The fourth-order valence-corrected chi connectivity index (χ4v) is 9.11. The Bertz CT molecular complexity index is 2590. The molecule has 65 heavy (non-hydrogen) atoms. The van der Waals surface area contributed by atoms with Gasteiger partial charge in [-0.1, -0.05) is 13.8 Å². The lowest BCUT2D eigenvalue weighted by Crippen LogP contribution is -2.47. The van der Waals surface area contributed by atoms with Crippen LogP contribution in [0.1, 0.15) is 140 Å². The summed E-state index contributed by atoms with van der Waals surface area (Å²) in [6, 6.07) is 5.86. The fourth-order valence-electron chi connectivity index (χ4n) is 9.11. The van der Waals surface area contributed by atoms with Crippen LogP contribution in [0.2, 0.25) is 0 Å². The van der Waals surface area contributed by atoms with Crippen LogP contribution < -0.4 is 5.32 Å². The molecule has 346 valence electrons. The number of hydrogen-bond donors (Lipinski definition) is 3. The van der Waals surface area contributed by atoms with Gasteiger partial charge < -0.3 is 34.4 Å². The minimum absolute atomic E-state index is 0.131. The Labute approximate surface area is 380 Å². The van der Waals surface area contributed by atoms with Crippen molar-refractivity contribution in [3.8, 4) is 0 Å². The molecule has 0 radical (unpaired) electrons. The largest absolute Gasteiger partial charge is 0.466 e. The first-order chi connectivity index (χ1) is 30.9. The number of aryl methyl sites for hydroxylation is 1. The Morgan fingerprint density at radius 2 is 1.65 bits per heavy atom. The number of carbonyl (C=O) groups is 5. The molecule has 1 saturated heterocycles. The van der Waals surface area contributed by atoms with Crippen molar-refractivity contribution >= 4 is 63.1 Å². The zero-order valence-corrected chi connectivity index (χ0v) is 39.3. The van der Waals surface area contributed by atoms with Crippen molar-refractivity contribution in [1.29, 1.82) is 0 Å². The van der Waals surface area contributed by atoms with E-state index in [1.54, 1.807) is 38.8 Å². The van der Waals surface area contributed by atoms with Crippen LogP contribution in [0.15, 0.2) is 30.4 Å². The molecule has 5 aliphatic rings. The number of nitrogens with one attached hydrogen (secondary N) is 3. The van der Waals surface area contributed by atoms with Gasteiger partial charge in [-0.15, -0.1) is 0 Å². The molecule has 16 heteroatoms. The normalized spacial score (nSPS) is 18.4. The van der Waals surface area contributed by atoms with Crippen LogP contribution in [-0.4, -0.2) is 137 Å². The topological polar surface area (TPSA) is 192 Å². The zero-order valence-electron chi connectivity index (χ0n) is 39.3. The van der Waals surface area contributed by atoms with Gasteiger partial charge in [-0.2, -0.15) is 0 Å². The van der Waals surface area contributed by atoms with Gasteiger partial charge in [-0.25, -0.2) is 19.6 Å². The van der Waals surface area contributed by atoms with E-state index < -0.39 is 23.6 Å². The summed E-state index contributed by atoms with van der Waals surface area (Å²) in [5.74, 6) is -2.01. The predicted octanol–water partition coefficient (Wildman–Crippen LogP) is 6.93. The van der Waals surface area contributed by atoms with E-state index in [4.69, 9.17) is 24.2 Å². The fraction of sp³-hybridized carbons (Fsp3) is 0.490. The number of esters is 1. The Kier molecular flexibility index (Phi) is 13.8. The Hall–Kier alpha value is -6.13. The highest BCUT2D eigenvalue weighted by atomic mass is 16.6. The van der Waals surface area contributed by atoms with Crippen molar-refractivity contribution < 1.29 is 38.2 Å². The quantitative estimate of drug-likeness (QED) is 0.114. The number of alkyl carbamates (subject to hydrolysis) is 1. The summed E-state index contributed by atoms with van der Waals surface area (Å²) in [5, 5.41) is 2.72. The van der Waals surface area contributed by atoms with Gasteiger partial charge in [0.2, 0.25) is 5.91 Å². The molecule has 4 amide bonds. The van der Waals surface area contributed by atoms with E-state index >= 15 is 4.79 Å². The van der Waals surface area contributed by atoms with Crippen LogP contribution in [0, 0.1) is 6.92 Å². The minimum Gasteiger partial charge on any atom is -0.466 e. The Morgan fingerprint density at radius 1 is 0.954 bits per heavy atom. The summed E-state index contributed by atoms with van der Waals surface area (Å²) in [5.41, 5.74) is 9.63. The van der Waals surface area contributed by atoms with Gasteiger partial charge in [0, 0.05) is 93.1 Å². The molecule has 7 heterocycles. The molecular formula is C49H62N8O8. The second-order valence-electron chi connectivity index (χ2n) is 18.2. The molecule has 0 unspecified atom stereocenters. The van der Waals surface area contributed by atoms with Gasteiger partial charge >= 0.3 is 12.1 Å². The van der Waals surface area contributed by atoms with Crippen molar-refractivity contribution in [2.24, 2.45) is 0 Å². The highest BCUT2D eigenvalue weighted by molar-refractivity contribution is 6.23. The molecule has 0 spiro atoms. The minimum atomic E-state index is -0.650. The summed E-state index contributed by atoms with van der Waals surface area (Å²) in [6.45, 7) is 19.1. The maximum atomic E-state index is 15.1. The maximum Gasteiger partial charge on any atom is 0.407 e. The third-order valence-corrected chi connectivity index (χ3v) is 12.9. The number of hydrogen-bond acceptors (Lipinski definition) is 11. The lowest BCUT2D eigenvalue weighted by atomic mass is 9.84. The van der Waals surface area contributed by atoms with E-state index in [2.05, 4.69) is 34.0 Å². The van der Waals surface area contributed by atoms with Gasteiger partial charge in [0.15, 0.2) is 0 Å². The number of fused-ring (bicyclic) bond motifs is 8. The van der Waals surface area contributed by atoms with Crippen molar-refractivity contribution in [3.63, 3.8) is 0 Å². The monoisotopic (exact) mass is 890 g/mol. The van der Waals surface area contributed by atoms with E-state index in [1.165, 1.54) is 18.1 Å². The van der Waals surface area contributed by atoms with Crippen molar-refractivity contribution in [2.45, 2.75) is 92.1 Å². The first kappa shape index (κ1) is 46.9. The second-order valence-corrected chi connectivity index (χ2v) is 18.2. The number of morpholine rings is 1. The lowest BCUT2D eigenvalue weighted by molar-refractivity contribution is -0.135. The van der Waals surface area contributed by atoms with Crippen LogP contribution in [0.4, 0.5) is 4.79 Å². The second kappa shape index (κ2) is 19.1. The number of aromatic nitrogens is 4. The SMILES string of the molecule is CCC1=C(C)c2cc3nc(cc4[nH]c(c5c6[nH]c(cc1n2)c(C)c6C(=O)N(CCN1CCOCC1)C5=O)[C@@H](CCC(=O)N(C)CCNC(=O)OC(C)(C)C)[C@@H]4C)C(C)=C3/C=C\C(=O)OC. The first-order valence-electron chi connectivity index (χ1n) is 22.5. The third kappa shape index (κ3) is 9.79. The lowest BCUT2D eigenvalue weighted by Gasteiger charge is -2.31. The molecule has 1 fully saturated rings. The number of H-pyrrole nitrogens is 2. The molecule has 2 atom stereocenters. The maximum absolute atomic E-state index is 15.1. The van der Waals surface area contributed by atoms with Gasteiger partial charge in [0.05, 0.1) is 59.7 Å². The summed E-state index contributed by atoms with van der Waals surface area (Å²) in [4.78, 5) is 90.8. The molecule has 3 N–H and O–H groups in total. The molecule has 5 aliphatic heterocycles. The molecule has 2 aromatic heterocycles. The van der Waals surface area contributed by atoms with Crippen molar-refractivity contribution in [2.75, 3.05) is 66.6 Å². The standard InChI is InChI=1S/C49H62N8O8/c1-11-31-27(2)35-25-39-32(13-15-41(59)63-10)28(3)34(52-39)24-36-29(4)33(12-14-40(58)55(9)17-16-50-48(62)65-49(6,7)8)44(53-36)43-45-42(30(5)37(54-45)26-38(31)51-35)46(60)57(47(43)61)19-18-56-20-22-64-23-21-56/h13,15,24-26,29,33,53-54H,11-12,14,16-23H2,1-10H3,(H,50,62)/b15-13-,36-24?,38-26?,39-25?,44-43?/t29-,33-/m0/s1. The highest BCUT2D eigenvalue weighted by Crippen LogP contribution is 2.45. The van der Waals surface area contributed by atoms with Crippen molar-refractivity contribution in [3.05, 3.63) is 81.2 Å². The van der Waals surface area contributed by atoms with Gasteiger partial charge in [-0.05, 0) is 101 Å². The number of aromatic amines is 2. The zero-order chi connectivity index (χ0) is 46.9. The summed E-state index contributed by atoms with van der Waals surface area (Å²) >= 11 is 0. The van der Waals surface area contributed by atoms with Crippen LogP contribution in [0.5, 0.6) is 0 Å². The van der Waals surface area contributed by atoms with E-state index in [1.807, 2.05) is 39.0 Å². The number of allylic oxidation sites excluding steroid dienone is 5. The van der Waals surface area contributed by atoms with E-state index in [-0.39, 0.29) is 49.7 Å². The van der Waals surface area contributed by atoms with Crippen molar-refractivity contribution in [1.82, 2.24) is 40.0 Å². The molecule has 8 bridgehead atoms. The molecule has 0 saturated carbocycles. The average Bonchev–Trinajstić information content (AvgIpc) is 3.94. The molecule has 0 aromatic carbocycles. The number of rotatable bonds is 12. The summed E-state index contributed by atoms with van der Waals surface area (Å²) in [6.07, 6.45) is 3.74. The number of ether oxygens (including phenoxy) is 3. The number of amides is 4. The molecule has 7 rings (SSSR count). The highest BCUT2D eigenvalue weighted by Gasteiger charge is 2.41. The number of likely N-dealkylation sites (N-methyl/N-ethyl adjacent to an activating group) is 1. The van der Waals surface area contributed by atoms with Crippen LogP contribution >= 0.6 is 0 Å². The predicted molar refractivity (Wildman–Crippen MR) is 248 cm³/mol. The number of methoxy groups -OCH3 is 1. The van der Waals surface area contributed by atoms with Crippen LogP contribution in [0.25, 0.3) is 33.3 Å². The number of nitrogens with zero attached hydrogens (tertiary/aromatic N) is 5. The smallest absolute Gasteiger partial charge is 0.407 e. The summed E-state index contributed by atoms with van der Waals surface area (Å²) in [7, 11) is 3.03. The first-order valence-corrected chi connectivity index (χ1v) is 22.5. The molecule has 2 aromatic rings. The summed E-state index contributed by atoms with van der Waals surface area (Å²) < 4.78 is 15.9. The number of carbonyl (C=O) groups excluding carboxylic acids is 5.